The van der Waals surface area contributed by atoms with E-state index in [4.69, 9.17) is 4.74 Å². The van der Waals surface area contributed by atoms with Crippen molar-refractivity contribution in [3.05, 3.63) is 59.2 Å². The van der Waals surface area contributed by atoms with Crippen molar-refractivity contribution in [2.45, 2.75) is 26.6 Å². The lowest BCUT2D eigenvalue weighted by atomic mass is 10.1. The Morgan fingerprint density at radius 3 is 2.47 bits per heavy atom. The number of benzene rings is 2. The molecule has 1 heterocycles. The Morgan fingerprint density at radius 1 is 1.06 bits per heavy atom. The van der Waals surface area contributed by atoms with Crippen LogP contribution < -0.4 is 9.47 Å². The van der Waals surface area contributed by atoms with Gasteiger partial charge in [-0.05, 0) is 37.2 Å². The van der Waals surface area contributed by atoms with E-state index in [1.165, 1.54) is 24.3 Å². The van der Waals surface area contributed by atoms with Crippen LogP contribution in [0.5, 0.6) is 11.5 Å². The number of ether oxygens (including phenoxy) is 2. The Kier molecular flexibility index (Phi) is 8.41. The average Bonchev–Trinajstić information content (AvgIpc) is 2.75. The number of halogens is 2. The predicted molar refractivity (Wildman–Crippen MR) is 119 cm³/mol. The van der Waals surface area contributed by atoms with E-state index in [1.807, 2.05) is 16.8 Å². The molecule has 1 amide bonds. The van der Waals surface area contributed by atoms with Gasteiger partial charge < -0.3 is 14.4 Å². The largest absolute Gasteiger partial charge is 0.493 e. The minimum Gasteiger partial charge on any atom is -0.493 e. The summed E-state index contributed by atoms with van der Waals surface area (Å²) in [4.78, 5) is 18.9. The molecule has 6 nitrogen and oxygen atoms in total. The highest BCUT2D eigenvalue weighted by molar-refractivity contribution is 5.78. The van der Waals surface area contributed by atoms with Crippen LogP contribution in [-0.2, 0) is 17.9 Å². The maximum absolute atomic E-state index is 12.7. The van der Waals surface area contributed by atoms with E-state index in [2.05, 4.69) is 40.8 Å². The second-order valence-electron chi connectivity index (χ2n) is 8.18. The number of carbonyl (C=O) groups is 1. The summed E-state index contributed by atoms with van der Waals surface area (Å²) in [7, 11) is 3.27. The van der Waals surface area contributed by atoms with Gasteiger partial charge in [-0.15, -0.1) is 0 Å². The molecule has 1 aliphatic rings. The van der Waals surface area contributed by atoms with Crippen LogP contribution in [0.15, 0.2) is 42.5 Å². The lowest BCUT2D eigenvalue weighted by Gasteiger charge is -2.35. The summed E-state index contributed by atoms with van der Waals surface area (Å²) in [6.45, 7) is 4.00. The van der Waals surface area contributed by atoms with Gasteiger partial charge in [0.1, 0.15) is 0 Å². The van der Waals surface area contributed by atoms with Crippen LogP contribution >= 0.6 is 0 Å². The van der Waals surface area contributed by atoms with Crippen molar-refractivity contribution in [3.8, 4) is 11.5 Å². The van der Waals surface area contributed by atoms with Crippen LogP contribution in [0.1, 0.15) is 16.7 Å². The summed E-state index contributed by atoms with van der Waals surface area (Å²) in [5.41, 5.74) is 3.40. The molecule has 0 bridgehead atoms. The third kappa shape index (κ3) is 6.90. The van der Waals surface area contributed by atoms with Gasteiger partial charge in [-0.2, -0.15) is 8.78 Å². The van der Waals surface area contributed by atoms with Crippen molar-refractivity contribution in [3.63, 3.8) is 0 Å². The highest BCUT2D eigenvalue weighted by Crippen LogP contribution is 2.29. The first-order chi connectivity index (χ1) is 15.3. The minimum absolute atomic E-state index is 0.00601. The van der Waals surface area contributed by atoms with E-state index >= 15 is 0 Å². The number of nitrogens with zero attached hydrogens (tertiary/aromatic N) is 3. The molecule has 32 heavy (non-hydrogen) atoms. The van der Waals surface area contributed by atoms with Crippen LogP contribution in [0.2, 0.25) is 0 Å². The lowest BCUT2D eigenvalue weighted by molar-refractivity contribution is -0.134. The first kappa shape index (κ1) is 23.9. The number of hydrogen-bond donors (Lipinski definition) is 0. The van der Waals surface area contributed by atoms with Crippen molar-refractivity contribution < 1.29 is 23.0 Å². The number of rotatable bonds is 9. The van der Waals surface area contributed by atoms with E-state index in [-0.39, 0.29) is 24.0 Å². The Bertz CT molecular complexity index is 902. The molecule has 2 aromatic carbocycles. The second-order valence-corrected chi connectivity index (χ2v) is 8.18. The number of likely N-dealkylation sites (N-methyl/N-ethyl adjacent to an activating group) is 1. The molecule has 0 radical (unpaired) electrons. The number of methoxy groups -OCH3 is 1. The molecule has 0 aliphatic carbocycles. The van der Waals surface area contributed by atoms with E-state index in [1.54, 1.807) is 12.1 Å². The molecule has 0 aromatic heterocycles. The molecule has 1 fully saturated rings. The van der Waals surface area contributed by atoms with Crippen molar-refractivity contribution in [2.75, 3.05) is 46.9 Å². The summed E-state index contributed by atoms with van der Waals surface area (Å²) >= 11 is 0. The maximum atomic E-state index is 12.7. The average molecular weight is 448 g/mol. The molecule has 1 aliphatic heterocycles. The zero-order valence-corrected chi connectivity index (χ0v) is 18.9. The van der Waals surface area contributed by atoms with Gasteiger partial charge in [-0.25, -0.2) is 0 Å². The smallest absolute Gasteiger partial charge is 0.387 e. The first-order valence-electron chi connectivity index (χ1n) is 10.7. The number of carbonyl (C=O) groups excluding carboxylic acids is 1. The molecular formula is C24H31F2N3O3. The molecule has 3 rings (SSSR count). The second kappa shape index (κ2) is 11.2. The Labute approximate surface area is 188 Å². The monoisotopic (exact) mass is 447 g/mol. The van der Waals surface area contributed by atoms with Crippen molar-refractivity contribution in [1.82, 2.24) is 14.7 Å². The summed E-state index contributed by atoms with van der Waals surface area (Å²) in [5.74, 6) is 0.327. The SMILES string of the molecule is COc1cc(CN(C)CC(=O)N2CCN(Cc3cccc(C)c3)CC2)ccc1OC(F)F. The maximum Gasteiger partial charge on any atom is 0.387 e. The van der Waals surface area contributed by atoms with Gasteiger partial charge in [0.05, 0.1) is 13.7 Å². The number of hydrogen-bond acceptors (Lipinski definition) is 5. The molecule has 1 saturated heterocycles. The van der Waals surface area contributed by atoms with Crippen molar-refractivity contribution in [1.29, 1.82) is 0 Å². The molecule has 0 saturated carbocycles. The molecule has 0 spiro atoms. The molecule has 0 unspecified atom stereocenters. The lowest BCUT2D eigenvalue weighted by Crippen LogP contribution is -2.50. The summed E-state index contributed by atoms with van der Waals surface area (Å²) in [5, 5.41) is 0. The van der Waals surface area contributed by atoms with E-state index in [0.29, 0.717) is 19.6 Å². The van der Waals surface area contributed by atoms with Gasteiger partial charge in [0.2, 0.25) is 5.91 Å². The van der Waals surface area contributed by atoms with Gasteiger partial charge in [0, 0.05) is 39.3 Å². The third-order valence-corrected chi connectivity index (χ3v) is 5.52. The summed E-state index contributed by atoms with van der Waals surface area (Å²) in [6.07, 6.45) is 0. The fourth-order valence-corrected chi connectivity index (χ4v) is 3.93. The Hall–Kier alpha value is -2.71. The van der Waals surface area contributed by atoms with Crippen LogP contribution in [0.25, 0.3) is 0 Å². The highest BCUT2D eigenvalue weighted by atomic mass is 19.3. The molecule has 0 N–H and O–H groups in total. The summed E-state index contributed by atoms with van der Waals surface area (Å²) < 4.78 is 34.6. The zero-order chi connectivity index (χ0) is 23.1. The summed E-state index contributed by atoms with van der Waals surface area (Å²) in [6, 6.07) is 13.3. The predicted octanol–water partition coefficient (Wildman–Crippen LogP) is 3.38. The van der Waals surface area contributed by atoms with E-state index in [9.17, 15) is 13.6 Å². The number of alkyl halides is 2. The Morgan fingerprint density at radius 2 is 1.81 bits per heavy atom. The van der Waals surface area contributed by atoms with Gasteiger partial charge in [0.15, 0.2) is 11.5 Å². The van der Waals surface area contributed by atoms with Gasteiger partial charge in [0.25, 0.3) is 0 Å². The number of amides is 1. The topological polar surface area (TPSA) is 45.2 Å². The van der Waals surface area contributed by atoms with Gasteiger partial charge in [-0.3, -0.25) is 14.6 Å². The van der Waals surface area contributed by atoms with E-state index < -0.39 is 6.61 Å². The minimum atomic E-state index is -2.91. The molecule has 8 heteroatoms. The number of piperazine rings is 1. The van der Waals surface area contributed by atoms with Crippen LogP contribution in [-0.4, -0.2) is 74.1 Å². The normalized spacial score (nSPS) is 14.8. The van der Waals surface area contributed by atoms with Crippen LogP contribution in [0.4, 0.5) is 8.78 Å². The zero-order valence-electron chi connectivity index (χ0n) is 18.9. The van der Waals surface area contributed by atoms with Crippen LogP contribution in [0, 0.1) is 6.92 Å². The van der Waals surface area contributed by atoms with Crippen molar-refractivity contribution >= 4 is 5.91 Å². The van der Waals surface area contributed by atoms with E-state index in [0.717, 1.165) is 25.2 Å². The number of aryl methyl sites for hydroxylation is 1. The Balaban J connectivity index is 1.47. The van der Waals surface area contributed by atoms with Gasteiger partial charge >= 0.3 is 6.61 Å². The molecule has 2 aromatic rings. The molecule has 174 valence electrons. The highest BCUT2D eigenvalue weighted by Gasteiger charge is 2.22. The first-order valence-corrected chi connectivity index (χ1v) is 10.7. The standard InChI is InChI=1S/C24H31F2N3O3/c1-18-5-4-6-19(13-18)16-28-9-11-29(12-10-28)23(30)17-27(2)15-20-7-8-21(32-24(25)26)22(14-20)31-3/h4-8,13-14,24H,9-12,15-17H2,1-3H3. The molecule has 0 atom stereocenters. The quantitative estimate of drug-likeness (QED) is 0.590. The van der Waals surface area contributed by atoms with Crippen LogP contribution in [0.3, 0.4) is 0 Å². The third-order valence-electron chi connectivity index (χ3n) is 5.52. The van der Waals surface area contributed by atoms with Crippen molar-refractivity contribution in [2.24, 2.45) is 0 Å². The fraction of sp³-hybridized carbons (Fsp3) is 0.458. The molecular weight excluding hydrogens is 416 g/mol. The fourth-order valence-electron chi connectivity index (χ4n) is 3.93. The van der Waals surface area contributed by atoms with Gasteiger partial charge in [-0.1, -0.05) is 35.9 Å².